The molecule has 5 heteroatoms. The Balaban J connectivity index is 1.79. The molecule has 0 unspecified atom stereocenters. The highest BCUT2D eigenvalue weighted by atomic mass is 14.9. The summed E-state index contributed by atoms with van der Waals surface area (Å²) < 4.78 is 0. The molecule has 0 atom stereocenters. The average Bonchev–Trinajstić information content (AvgIpc) is 2.72. The Kier molecular flexibility index (Phi) is 2.82. The summed E-state index contributed by atoms with van der Waals surface area (Å²) in [4.78, 5) is 14.9. The van der Waals surface area contributed by atoms with Crippen molar-refractivity contribution < 1.29 is 0 Å². The minimum Gasteiger partial charge on any atom is -0.347 e. The van der Waals surface area contributed by atoms with Crippen LogP contribution in [0, 0.1) is 0 Å². The standard InChI is InChI=1S/C9H11N5/c1-2-10-6-13-8(1)3-11-4-9-5-12-7-14-9/h1-2,5-7,11H,3-4H2,(H,12,14). The lowest BCUT2D eigenvalue weighted by molar-refractivity contribution is 0.668. The minimum absolute atomic E-state index is 0.738. The monoisotopic (exact) mass is 189 g/mol. The molecule has 0 bridgehead atoms. The molecule has 0 aliphatic rings. The third-order valence-electron chi connectivity index (χ3n) is 1.82. The van der Waals surface area contributed by atoms with Crippen LogP contribution in [0.1, 0.15) is 11.4 Å². The Morgan fingerprint density at radius 3 is 3.00 bits per heavy atom. The molecule has 0 saturated heterocycles. The van der Waals surface area contributed by atoms with Crippen LogP contribution < -0.4 is 5.32 Å². The maximum Gasteiger partial charge on any atom is 0.115 e. The number of nitrogens with one attached hydrogen (secondary N) is 2. The molecule has 0 radical (unpaired) electrons. The van der Waals surface area contributed by atoms with E-state index in [0.717, 1.165) is 24.5 Å². The summed E-state index contributed by atoms with van der Waals surface area (Å²) in [5.41, 5.74) is 2.05. The molecule has 0 aliphatic carbocycles. The Bertz CT molecular complexity index is 356. The quantitative estimate of drug-likeness (QED) is 0.734. The van der Waals surface area contributed by atoms with Crippen molar-refractivity contribution in [3.05, 3.63) is 42.5 Å². The third kappa shape index (κ3) is 2.37. The zero-order chi connectivity index (χ0) is 9.64. The van der Waals surface area contributed by atoms with Crippen molar-refractivity contribution in [2.75, 3.05) is 0 Å². The number of hydrogen-bond donors (Lipinski definition) is 2. The van der Waals surface area contributed by atoms with Gasteiger partial charge in [0.05, 0.1) is 12.0 Å². The minimum atomic E-state index is 0.738. The van der Waals surface area contributed by atoms with Crippen molar-refractivity contribution in [2.45, 2.75) is 13.1 Å². The summed E-state index contributed by atoms with van der Waals surface area (Å²) in [6.45, 7) is 1.51. The van der Waals surface area contributed by atoms with Crippen LogP contribution >= 0.6 is 0 Å². The van der Waals surface area contributed by atoms with E-state index in [0.29, 0.717) is 0 Å². The van der Waals surface area contributed by atoms with Crippen LogP contribution in [0.3, 0.4) is 0 Å². The molecule has 2 heterocycles. The topological polar surface area (TPSA) is 66.5 Å². The second-order valence-corrected chi connectivity index (χ2v) is 2.88. The summed E-state index contributed by atoms with van der Waals surface area (Å²) in [5, 5.41) is 3.24. The van der Waals surface area contributed by atoms with Crippen molar-refractivity contribution in [2.24, 2.45) is 0 Å². The lowest BCUT2D eigenvalue weighted by atomic mass is 10.4. The maximum absolute atomic E-state index is 4.10. The zero-order valence-electron chi connectivity index (χ0n) is 7.64. The van der Waals surface area contributed by atoms with E-state index in [2.05, 4.69) is 25.3 Å². The molecule has 2 rings (SSSR count). The van der Waals surface area contributed by atoms with E-state index in [1.165, 1.54) is 0 Å². The molecule has 14 heavy (non-hydrogen) atoms. The van der Waals surface area contributed by atoms with Crippen LogP contribution in [0.25, 0.3) is 0 Å². The first-order valence-electron chi connectivity index (χ1n) is 4.38. The Morgan fingerprint density at radius 1 is 1.29 bits per heavy atom. The van der Waals surface area contributed by atoms with Gasteiger partial charge in [0.25, 0.3) is 0 Å². The van der Waals surface area contributed by atoms with Crippen LogP contribution in [-0.4, -0.2) is 19.9 Å². The predicted octanol–water partition coefficient (Wildman–Crippen LogP) is 0.489. The zero-order valence-corrected chi connectivity index (χ0v) is 7.64. The number of rotatable bonds is 4. The van der Waals surface area contributed by atoms with E-state index >= 15 is 0 Å². The van der Waals surface area contributed by atoms with Gasteiger partial charge in [0.15, 0.2) is 0 Å². The van der Waals surface area contributed by atoms with Crippen molar-refractivity contribution in [1.82, 2.24) is 25.3 Å². The van der Waals surface area contributed by atoms with Crippen LogP contribution in [0.15, 0.2) is 31.1 Å². The van der Waals surface area contributed by atoms with Gasteiger partial charge in [0.1, 0.15) is 6.33 Å². The maximum atomic E-state index is 4.10. The Hall–Kier alpha value is -1.75. The lowest BCUT2D eigenvalue weighted by Crippen LogP contribution is -2.13. The first kappa shape index (κ1) is 8.83. The van der Waals surface area contributed by atoms with Gasteiger partial charge in [-0.05, 0) is 6.07 Å². The average molecular weight is 189 g/mol. The van der Waals surface area contributed by atoms with Crippen molar-refractivity contribution in [1.29, 1.82) is 0 Å². The van der Waals surface area contributed by atoms with E-state index in [1.807, 2.05) is 6.07 Å². The third-order valence-corrected chi connectivity index (χ3v) is 1.82. The summed E-state index contributed by atoms with van der Waals surface area (Å²) in [5.74, 6) is 0. The molecule has 72 valence electrons. The van der Waals surface area contributed by atoms with Gasteiger partial charge in [-0.15, -0.1) is 0 Å². The van der Waals surface area contributed by atoms with Gasteiger partial charge < -0.3 is 10.3 Å². The molecule has 0 fully saturated rings. The Labute approximate surface area is 81.6 Å². The molecule has 0 aromatic carbocycles. The van der Waals surface area contributed by atoms with Gasteiger partial charge in [-0.25, -0.2) is 15.0 Å². The van der Waals surface area contributed by atoms with Crippen LogP contribution in [-0.2, 0) is 13.1 Å². The van der Waals surface area contributed by atoms with Crippen molar-refractivity contribution in [3.63, 3.8) is 0 Å². The van der Waals surface area contributed by atoms with E-state index in [1.54, 1.807) is 25.0 Å². The molecular weight excluding hydrogens is 178 g/mol. The highest BCUT2D eigenvalue weighted by Gasteiger charge is 1.94. The van der Waals surface area contributed by atoms with Crippen LogP contribution in [0.5, 0.6) is 0 Å². The molecule has 2 aromatic rings. The molecule has 0 amide bonds. The normalized spacial score (nSPS) is 10.3. The number of aromatic amines is 1. The molecule has 0 saturated carbocycles. The molecule has 2 N–H and O–H groups in total. The number of H-pyrrole nitrogens is 1. The molecular formula is C9H11N5. The molecule has 0 aliphatic heterocycles. The summed E-state index contributed by atoms with van der Waals surface area (Å²) in [6, 6.07) is 1.89. The summed E-state index contributed by atoms with van der Waals surface area (Å²) in [7, 11) is 0. The molecule has 0 spiro atoms. The first-order chi connectivity index (χ1) is 6.95. The van der Waals surface area contributed by atoms with Gasteiger partial charge in [-0.2, -0.15) is 0 Å². The van der Waals surface area contributed by atoms with Crippen LogP contribution in [0.2, 0.25) is 0 Å². The number of hydrogen-bond acceptors (Lipinski definition) is 4. The van der Waals surface area contributed by atoms with Crippen LogP contribution in [0.4, 0.5) is 0 Å². The lowest BCUT2D eigenvalue weighted by Gasteiger charge is -2.01. The van der Waals surface area contributed by atoms with Gasteiger partial charge >= 0.3 is 0 Å². The predicted molar refractivity (Wildman–Crippen MR) is 51.2 cm³/mol. The smallest absolute Gasteiger partial charge is 0.115 e. The number of imidazole rings is 1. The largest absolute Gasteiger partial charge is 0.347 e. The second kappa shape index (κ2) is 4.48. The Morgan fingerprint density at radius 2 is 2.29 bits per heavy atom. The van der Waals surface area contributed by atoms with E-state index in [4.69, 9.17) is 0 Å². The van der Waals surface area contributed by atoms with E-state index in [-0.39, 0.29) is 0 Å². The fraction of sp³-hybridized carbons (Fsp3) is 0.222. The van der Waals surface area contributed by atoms with Crippen molar-refractivity contribution in [3.8, 4) is 0 Å². The number of nitrogens with zero attached hydrogens (tertiary/aromatic N) is 3. The molecule has 2 aromatic heterocycles. The second-order valence-electron chi connectivity index (χ2n) is 2.88. The summed E-state index contributed by atoms with van der Waals surface area (Å²) in [6.07, 6.45) is 6.75. The highest BCUT2D eigenvalue weighted by Crippen LogP contribution is 1.93. The first-order valence-corrected chi connectivity index (χ1v) is 4.38. The van der Waals surface area contributed by atoms with Gasteiger partial charge in [-0.1, -0.05) is 0 Å². The van der Waals surface area contributed by atoms with Gasteiger partial charge in [-0.3, -0.25) is 0 Å². The van der Waals surface area contributed by atoms with Gasteiger partial charge in [0, 0.05) is 31.2 Å². The molecule has 5 nitrogen and oxygen atoms in total. The fourth-order valence-electron chi connectivity index (χ4n) is 1.13. The fourth-order valence-corrected chi connectivity index (χ4v) is 1.13. The SMILES string of the molecule is c1cc(CNCc2cnc[nH]2)ncn1. The highest BCUT2D eigenvalue weighted by molar-refractivity contribution is 4.98. The number of aromatic nitrogens is 4. The summed E-state index contributed by atoms with van der Waals surface area (Å²) >= 11 is 0. The van der Waals surface area contributed by atoms with E-state index in [9.17, 15) is 0 Å². The van der Waals surface area contributed by atoms with E-state index < -0.39 is 0 Å². The van der Waals surface area contributed by atoms with Gasteiger partial charge in [0.2, 0.25) is 0 Å². The van der Waals surface area contributed by atoms with Crippen molar-refractivity contribution >= 4 is 0 Å².